The average molecular weight is 301 g/mol. The molecule has 4 nitrogen and oxygen atoms in total. The summed E-state index contributed by atoms with van der Waals surface area (Å²) in [5.41, 5.74) is 1.37. The molecule has 0 aromatic heterocycles. The molecule has 1 unspecified atom stereocenters. The first-order valence-corrected chi connectivity index (χ1v) is 8.49. The Kier molecular flexibility index (Phi) is 5.11. The fourth-order valence-corrected chi connectivity index (χ4v) is 3.16. The van der Waals surface area contributed by atoms with Crippen LogP contribution < -0.4 is 5.32 Å². The number of piperazine rings is 1. The number of amides is 1. The van der Waals surface area contributed by atoms with Crippen LogP contribution in [-0.4, -0.2) is 54.5 Å². The molecule has 1 aliphatic carbocycles. The van der Waals surface area contributed by atoms with Gasteiger partial charge in [0.05, 0.1) is 6.54 Å². The van der Waals surface area contributed by atoms with Crippen LogP contribution in [0.1, 0.15) is 25.3 Å². The van der Waals surface area contributed by atoms with Crippen molar-refractivity contribution in [1.82, 2.24) is 15.1 Å². The van der Waals surface area contributed by atoms with Gasteiger partial charge in [0.2, 0.25) is 5.91 Å². The standard InChI is InChI=1S/C18H27N3O/c1-15(17-7-8-17)19-18(22)14-21-11-9-20(10-12-21)13-16-5-3-2-4-6-16/h2-6,15,17H,7-14H2,1H3,(H,19,22). The van der Waals surface area contributed by atoms with Crippen LogP contribution in [0.4, 0.5) is 0 Å². The lowest BCUT2D eigenvalue weighted by Gasteiger charge is -2.34. The van der Waals surface area contributed by atoms with Gasteiger partial charge in [0.25, 0.3) is 0 Å². The molecule has 2 aliphatic rings. The van der Waals surface area contributed by atoms with Gasteiger partial charge in [0, 0.05) is 38.8 Å². The summed E-state index contributed by atoms with van der Waals surface area (Å²) < 4.78 is 0. The van der Waals surface area contributed by atoms with Gasteiger partial charge in [-0.1, -0.05) is 30.3 Å². The van der Waals surface area contributed by atoms with E-state index in [-0.39, 0.29) is 5.91 Å². The largest absolute Gasteiger partial charge is 0.352 e. The highest BCUT2D eigenvalue weighted by molar-refractivity contribution is 5.78. The van der Waals surface area contributed by atoms with Gasteiger partial charge in [0.15, 0.2) is 0 Å². The summed E-state index contributed by atoms with van der Waals surface area (Å²) in [6.45, 7) is 7.75. The van der Waals surface area contributed by atoms with E-state index in [2.05, 4.69) is 52.4 Å². The van der Waals surface area contributed by atoms with E-state index in [1.54, 1.807) is 0 Å². The number of carbonyl (C=O) groups excluding carboxylic acids is 1. The Bertz CT molecular complexity index is 478. The van der Waals surface area contributed by atoms with Gasteiger partial charge in [-0.2, -0.15) is 0 Å². The Morgan fingerprint density at radius 2 is 1.77 bits per heavy atom. The Hall–Kier alpha value is -1.39. The monoisotopic (exact) mass is 301 g/mol. The first-order valence-electron chi connectivity index (χ1n) is 8.49. The summed E-state index contributed by atoms with van der Waals surface area (Å²) >= 11 is 0. The average Bonchev–Trinajstić information content (AvgIpc) is 3.35. The number of hydrogen-bond acceptors (Lipinski definition) is 3. The molecule has 1 aromatic carbocycles. The maximum Gasteiger partial charge on any atom is 0.234 e. The lowest BCUT2D eigenvalue weighted by molar-refractivity contribution is -0.123. The maximum absolute atomic E-state index is 12.1. The van der Waals surface area contributed by atoms with E-state index in [0.717, 1.165) is 38.6 Å². The van der Waals surface area contributed by atoms with Gasteiger partial charge in [-0.25, -0.2) is 0 Å². The first kappa shape index (κ1) is 15.5. The topological polar surface area (TPSA) is 35.6 Å². The Morgan fingerprint density at radius 3 is 2.41 bits per heavy atom. The molecular weight excluding hydrogens is 274 g/mol. The third-order valence-corrected chi connectivity index (χ3v) is 4.80. The highest BCUT2D eigenvalue weighted by atomic mass is 16.2. The molecule has 0 spiro atoms. The summed E-state index contributed by atoms with van der Waals surface area (Å²) in [6.07, 6.45) is 2.55. The van der Waals surface area contributed by atoms with Crippen LogP contribution in [0.15, 0.2) is 30.3 Å². The molecule has 1 saturated carbocycles. The second kappa shape index (κ2) is 7.25. The van der Waals surface area contributed by atoms with Crippen LogP contribution in [0.2, 0.25) is 0 Å². The molecule has 0 radical (unpaired) electrons. The SMILES string of the molecule is CC(NC(=O)CN1CCN(Cc2ccccc2)CC1)C1CC1. The van der Waals surface area contributed by atoms with E-state index in [1.165, 1.54) is 18.4 Å². The zero-order chi connectivity index (χ0) is 15.4. The molecule has 3 rings (SSSR count). The first-order chi connectivity index (χ1) is 10.7. The van der Waals surface area contributed by atoms with Gasteiger partial charge < -0.3 is 5.32 Å². The molecule has 1 aliphatic heterocycles. The van der Waals surface area contributed by atoms with Crippen molar-refractivity contribution in [3.63, 3.8) is 0 Å². The zero-order valence-electron chi connectivity index (χ0n) is 13.5. The van der Waals surface area contributed by atoms with Crippen LogP contribution in [0.5, 0.6) is 0 Å². The molecule has 1 atom stereocenters. The summed E-state index contributed by atoms with van der Waals surface area (Å²) in [5.74, 6) is 0.919. The van der Waals surface area contributed by atoms with Gasteiger partial charge in [-0.3, -0.25) is 14.6 Å². The molecule has 1 aromatic rings. The van der Waals surface area contributed by atoms with Crippen molar-refractivity contribution in [3.05, 3.63) is 35.9 Å². The molecule has 1 amide bonds. The third-order valence-electron chi connectivity index (χ3n) is 4.80. The normalized spacial score (nSPS) is 21.5. The fourth-order valence-electron chi connectivity index (χ4n) is 3.16. The predicted molar refractivity (Wildman–Crippen MR) is 88.5 cm³/mol. The minimum Gasteiger partial charge on any atom is -0.352 e. The lowest BCUT2D eigenvalue weighted by Crippen LogP contribution is -2.50. The van der Waals surface area contributed by atoms with E-state index in [9.17, 15) is 4.79 Å². The van der Waals surface area contributed by atoms with Crippen molar-refractivity contribution in [2.24, 2.45) is 5.92 Å². The number of nitrogens with one attached hydrogen (secondary N) is 1. The van der Waals surface area contributed by atoms with Gasteiger partial charge >= 0.3 is 0 Å². The van der Waals surface area contributed by atoms with Crippen LogP contribution in [0.3, 0.4) is 0 Å². The van der Waals surface area contributed by atoms with E-state index >= 15 is 0 Å². The molecule has 1 heterocycles. The summed E-state index contributed by atoms with van der Waals surface area (Å²) in [4.78, 5) is 16.8. The second-order valence-electron chi connectivity index (χ2n) is 6.73. The molecule has 1 saturated heterocycles. The van der Waals surface area contributed by atoms with Gasteiger partial charge in [0.1, 0.15) is 0 Å². The van der Waals surface area contributed by atoms with Gasteiger partial charge in [-0.05, 0) is 31.2 Å². The lowest BCUT2D eigenvalue weighted by atomic mass is 10.2. The van der Waals surface area contributed by atoms with E-state index < -0.39 is 0 Å². The molecule has 120 valence electrons. The van der Waals surface area contributed by atoms with Crippen molar-refractivity contribution >= 4 is 5.91 Å². The van der Waals surface area contributed by atoms with Crippen molar-refractivity contribution in [1.29, 1.82) is 0 Å². The molecule has 2 fully saturated rings. The van der Waals surface area contributed by atoms with Crippen molar-refractivity contribution in [2.45, 2.75) is 32.4 Å². The van der Waals surface area contributed by atoms with Crippen LogP contribution in [-0.2, 0) is 11.3 Å². The smallest absolute Gasteiger partial charge is 0.234 e. The van der Waals surface area contributed by atoms with Crippen molar-refractivity contribution in [3.8, 4) is 0 Å². The Morgan fingerprint density at radius 1 is 1.14 bits per heavy atom. The van der Waals surface area contributed by atoms with E-state index in [0.29, 0.717) is 12.6 Å². The van der Waals surface area contributed by atoms with E-state index in [1.807, 2.05) is 0 Å². The number of nitrogens with zero attached hydrogens (tertiary/aromatic N) is 2. The van der Waals surface area contributed by atoms with Crippen LogP contribution >= 0.6 is 0 Å². The van der Waals surface area contributed by atoms with Crippen molar-refractivity contribution < 1.29 is 4.79 Å². The summed E-state index contributed by atoms with van der Waals surface area (Å²) in [6, 6.07) is 11.0. The summed E-state index contributed by atoms with van der Waals surface area (Å²) in [5, 5.41) is 3.15. The number of rotatable bonds is 6. The third kappa shape index (κ3) is 4.55. The van der Waals surface area contributed by atoms with Gasteiger partial charge in [-0.15, -0.1) is 0 Å². The predicted octanol–water partition coefficient (Wildman–Crippen LogP) is 1.72. The van der Waals surface area contributed by atoms with E-state index in [4.69, 9.17) is 0 Å². The van der Waals surface area contributed by atoms with Crippen LogP contribution in [0, 0.1) is 5.92 Å². The van der Waals surface area contributed by atoms with Crippen LogP contribution in [0.25, 0.3) is 0 Å². The molecular formula is C18H27N3O. The quantitative estimate of drug-likeness (QED) is 0.869. The summed E-state index contributed by atoms with van der Waals surface area (Å²) in [7, 11) is 0. The zero-order valence-corrected chi connectivity index (χ0v) is 13.5. The fraction of sp³-hybridized carbons (Fsp3) is 0.611. The number of benzene rings is 1. The minimum absolute atomic E-state index is 0.191. The number of carbonyl (C=O) groups is 1. The van der Waals surface area contributed by atoms with Crippen molar-refractivity contribution in [2.75, 3.05) is 32.7 Å². The molecule has 1 N–H and O–H groups in total. The molecule has 22 heavy (non-hydrogen) atoms. The Balaban J connectivity index is 1.37. The highest BCUT2D eigenvalue weighted by Gasteiger charge is 2.29. The minimum atomic E-state index is 0.191. The Labute approximate surface area is 133 Å². The molecule has 4 heteroatoms. The highest BCUT2D eigenvalue weighted by Crippen LogP contribution is 2.32. The maximum atomic E-state index is 12.1. The number of hydrogen-bond donors (Lipinski definition) is 1. The second-order valence-corrected chi connectivity index (χ2v) is 6.73. The molecule has 0 bridgehead atoms.